The van der Waals surface area contributed by atoms with Gasteiger partial charge >= 0.3 is 5.97 Å². The SMILES string of the molecule is Cc1noc(COC(=O)c2ccccc2C(=O)N(C)Cc2ccccc2)n1. The molecule has 0 radical (unpaired) electrons. The van der Waals surface area contributed by atoms with E-state index < -0.39 is 5.97 Å². The van der Waals surface area contributed by atoms with E-state index in [-0.39, 0.29) is 29.5 Å². The number of carbonyl (C=O) groups is 2. The zero-order valence-corrected chi connectivity index (χ0v) is 15.1. The van der Waals surface area contributed by atoms with Crippen LogP contribution in [0.2, 0.25) is 0 Å². The molecule has 0 saturated carbocycles. The van der Waals surface area contributed by atoms with Crippen LogP contribution in [0, 0.1) is 6.92 Å². The largest absolute Gasteiger partial charge is 0.452 e. The molecule has 7 nitrogen and oxygen atoms in total. The van der Waals surface area contributed by atoms with Gasteiger partial charge in [-0.2, -0.15) is 4.98 Å². The first-order chi connectivity index (χ1) is 13.0. The third-order valence-electron chi connectivity index (χ3n) is 3.88. The Balaban J connectivity index is 1.72. The quantitative estimate of drug-likeness (QED) is 0.624. The van der Waals surface area contributed by atoms with Gasteiger partial charge in [-0.1, -0.05) is 47.6 Å². The summed E-state index contributed by atoms with van der Waals surface area (Å²) in [6.45, 7) is 1.96. The van der Waals surface area contributed by atoms with Gasteiger partial charge in [0.2, 0.25) is 0 Å². The summed E-state index contributed by atoms with van der Waals surface area (Å²) in [5.41, 5.74) is 1.47. The fourth-order valence-electron chi connectivity index (χ4n) is 2.59. The van der Waals surface area contributed by atoms with Crippen molar-refractivity contribution in [1.29, 1.82) is 0 Å². The van der Waals surface area contributed by atoms with E-state index in [1.54, 1.807) is 43.1 Å². The van der Waals surface area contributed by atoms with Crippen molar-refractivity contribution in [3.8, 4) is 0 Å². The number of esters is 1. The second kappa shape index (κ2) is 8.27. The van der Waals surface area contributed by atoms with Crippen molar-refractivity contribution >= 4 is 11.9 Å². The maximum absolute atomic E-state index is 12.8. The summed E-state index contributed by atoms with van der Waals surface area (Å²) in [7, 11) is 1.69. The lowest BCUT2D eigenvalue weighted by Crippen LogP contribution is -2.28. The summed E-state index contributed by atoms with van der Waals surface area (Å²) in [4.78, 5) is 30.8. The van der Waals surface area contributed by atoms with Gasteiger partial charge in [0.15, 0.2) is 12.4 Å². The average Bonchev–Trinajstić information content (AvgIpc) is 3.11. The maximum atomic E-state index is 12.8. The van der Waals surface area contributed by atoms with Gasteiger partial charge < -0.3 is 14.2 Å². The minimum Gasteiger partial charge on any atom is -0.452 e. The lowest BCUT2D eigenvalue weighted by Gasteiger charge is -2.18. The van der Waals surface area contributed by atoms with Gasteiger partial charge in [-0.15, -0.1) is 0 Å². The molecular formula is C20H19N3O4. The molecule has 0 bridgehead atoms. The molecule has 1 amide bonds. The highest BCUT2D eigenvalue weighted by Crippen LogP contribution is 2.15. The van der Waals surface area contributed by atoms with Gasteiger partial charge in [0.1, 0.15) is 0 Å². The predicted molar refractivity (Wildman–Crippen MR) is 96.8 cm³/mol. The number of ether oxygens (including phenoxy) is 1. The minimum atomic E-state index is -0.622. The van der Waals surface area contributed by atoms with Crippen LogP contribution in [-0.4, -0.2) is 34.0 Å². The van der Waals surface area contributed by atoms with Crippen LogP contribution in [0.3, 0.4) is 0 Å². The smallest absolute Gasteiger partial charge is 0.339 e. The highest BCUT2D eigenvalue weighted by atomic mass is 16.6. The van der Waals surface area contributed by atoms with Crippen LogP contribution in [-0.2, 0) is 17.9 Å². The first-order valence-corrected chi connectivity index (χ1v) is 8.39. The molecule has 0 aliphatic heterocycles. The molecule has 0 atom stereocenters. The number of carbonyl (C=O) groups excluding carboxylic acids is 2. The average molecular weight is 365 g/mol. The van der Waals surface area contributed by atoms with Crippen molar-refractivity contribution in [2.75, 3.05) is 7.05 Å². The molecule has 0 N–H and O–H groups in total. The van der Waals surface area contributed by atoms with Gasteiger partial charge in [0.25, 0.3) is 11.8 Å². The normalized spacial score (nSPS) is 10.4. The Hall–Kier alpha value is -3.48. The highest BCUT2D eigenvalue weighted by molar-refractivity contribution is 6.05. The van der Waals surface area contributed by atoms with Crippen LogP contribution in [0.25, 0.3) is 0 Å². The fraction of sp³-hybridized carbons (Fsp3) is 0.200. The molecule has 0 fully saturated rings. The van der Waals surface area contributed by atoms with Crippen molar-refractivity contribution in [3.05, 3.63) is 83.0 Å². The number of aryl methyl sites for hydroxylation is 1. The van der Waals surface area contributed by atoms with E-state index in [0.717, 1.165) is 5.56 Å². The van der Waals surface area contributed by atoms with E-state index in [0.29, 0.717) is 12.4 Å². The summed E-state index contributed by atoms with van der Waals surface area (Å²) < 4.78 is 10.1. The molecule has 7 heteroatoms. The first kappa shape index (κ1) is 18.3. The van der Waals surface area contributed by atoms with E-state index in [9.17, 15) is 9.59 Å². The zero-order valence-electron chi connectivity index (χ0n) is 15.1. The molecular weight excluding hydrogens is 346 g/mol. The van der Waals surface area contributed by atoms with E-state index in [2.05, 4.69) is 10.1 Å². The van der Waals surface area contributed by atoms with Crippen molar-refractivity contribution < 1.29 is 18.8 Å². The second-order valence-corrected chi connectivity index (χ2v) is 6.00. The van der Waals surface area contributed by atoms with Crippen LogP contribution in [0.15, 0.2) is 59.1 Å². The number of amides is 1. The summed E-state index contributed by atoms with van der Waals surface area (Å²) in [5.74, 6) is -0.229. The molecule has 0 aliphatic carbocycles. The van der Waals surface area contributed by atoms with Crippen LogP contribution >= 0.6 is 0 Å². The molecule has 3 rings (SSSR count). The van der Waals surface area contributed by atoms with Crippen LogP contribution < -0.4 is 0 Å². The topological polar surface area (TPSA) is 85.5 Å². The monoisotopic (exact) mass is 365 g/mol. The number of rotatable bonds is 6. The van der Waals surface area contributed by atoms with E-state index in [1.165, 1.54) is 0 Å². The van der Waals surface area contributed by atoms with Crippen molar-refractivity contribution in [2.45, 2.75) is 20.1 Å². The minimum absolute atomic E-state index is 0.151. The summed E-state index contributed by atoms with van der Waals surface area (Å²) >= 11 is 0. The number of benzene rings is 2. The van der Waals surface area contributed by atoms with E-state index >= 15 is 0 Å². The standard InChI is InChI=1S/C20H19N3O4/c1-14-21-18(27-22-14)13-26-20(25)17-11-7-6-10-16(17)19(24)23(2)12-15-8-4-3-5-9-15/h3-11H,12-13H2,1-2H3. The van der Waals surface area contributed by atoms with Crippen molar-refractivity contribution in [1.82, 2.24) is 15.0 Å². The van der Waals surface area contributed by atoms with Crippen LogP contribution in [0.4, 0.5) is 0 Å². The van der Waals surface area contributed by atoms with E-state index in [1.807, 2.05) is 30.3 Å². The van der Waals surface area contributed by atoms with Crippen molar-refractivity contribution in [3.63, 3.8) is 0 Å². The Kier molecular flexibility index (Phi) is 5.61. The van der Waals surface area contributed by atoms with Crippen molar-refractivity contribution in [2.24, 2.45) is 0 Å². The molecule has 0 spiro atoms. The number of hydrogen-bond donors (Lipinski definition) is 0. The maximum Gasteiger partial charge on any atom is 0.339 e. The fourth-order valence-corrected chi connectivity index (χ4v) is 2.59. The Bertz CT molecular complexity index is 937. The number of nitrogens with zero attached hydrogens (tertiary/aromatic N) is 3. The van der Waals surface area contributed by atoms with Gasteiger partial charge in [-0.05, 0) is 24.6 Å². The molecule has 27 heavy (non-hydrogen) atoms. The molecule has 0 aliphatic rings. The lowest BCUT2D eigenvalue weighted by atomic mass is 10.1. The zero-order chi connectivity index (χ0) is 19.2. The van der Waals surface area contributed by atoms with Gasteiger partial charge in [0, 0.05) is 13.6 Å². The summed E-state index contributed by atoms with van der Waals surface area (Å²) in [6.07, 6.45) is 0. The molecule has 0 saturated heterocycles. The van der Waals surface area contributed by atoms with Gasteiger partial charge in [-0.25, -0.2) is 4.79 Å². The summed E-state index contributed by atoms with van der Waals surface area (Å²) in [6, 6.07) is 16.2. The third-order valence-corrected chi connectivity index (χ3v) is 3.88. The molecule has 1 aromatic heterocycles. The summed E-state index contributed by atoms with van der Waals surface area (Å²) in [5, 5.41) is 3.64. The first-order valence-electron chi connectivity index (χ1n) is 8.39. The third kappa shape index (κ3) is 4.58. The second-order valence-electron chi connectivity index (χ2n) is 6.00. The number of hydrogen-bond acceptors (Lipinski definition) is 6. The molecule has 1 heterocycles. The molecule has 3 aromatic rings. The Morgan fingerprint density at radius 2 is 1.70 bits per heavy atom. The Labute approximate surface area is 156 Å². The predicted octanol–water partition coefficient (Wildman–Crippen LogP) is 3.01. The van der Waals surface area contributed by atoms with Gasteiger partial charge in [0.05, 0.1) is 11.1 Å². The van der Waals surface area contributed by atoms with Crippen LogP contribution in [0.1, 0.15) is 38.0 Å². The molecule has 2 aromatic carbocycles. The van der Waals surface area contributed by atoms with E-state index in [4.69, 9.17) is 9.26 Å². The Morgan fingerprint density at radius 1 is 1.04 bits per heavy atom. The Morgan fingerprint density at radius 3 is 2.37 bits per heavy atom. The highest BCUT2D eigenvalue weighted by Gasteiger charge is 2.21. The number of aromatic nitrogens is 2. The van der Waals surface area contributed by atoms with Crippen LogP contribution in [0.5, 0.6) is 0 Å². The lowest BCUT2D eigenvalue weighted by molar-refractivity contribution is 0.0425. The molecule has 138 valence electrons. The molecule has 0 unspecified atom stereocenters. The van der Waals surface area contributed by atoms with Gasteiger partial charge in [-0.3, -0.25) is 4.79 Å².